The van der Waals surface area contributed by atoms with E-state index in [0.29, 0.717) is 32.0 Å². The number of hydrogen-bond acceptors (Lipinski definition) is 7. The smallest absolute Gasteiger partial charge is 0.435 e. The van der Waals surface area contributed by atoms with Gasteiger partial charge in [0.25, 0.3) is 5.91 Å². The van der Waals surface area contributed by atoms with E-state index in [1.54, 1.807) is 21.9 Å². The number of amides is 1. The van der Waals surface area contributed by atoms with Crippen molar-refractivity contribution in [1.29, 1.82) is 0 Å². The standard InChI is InChI=1S/C15H15F3N6O2/c16-15(17,18)11-3-4-12(21-20-11)23-6-8-24(9-7-23)14(25)10-26-13-2-1-5-19-22-13/h1-5H,6-10H2. The number of alkyl halides is 3. The Kier molecular flexibility index (Phi) is 5.14. The Hall–Kier alpha value is -2.98. The first-order chi connectivity index (χ1) is 12.4. The summed E-state index contributed by atoms with van der Waals surface area (Å²) < 4.78 is 42.8. The van der Waals surface area contributed by atoms with Gasteiger partial charge in [-0.15, -0.1) is 15.3 Å². The third kappa shape index (κ3) is 4.35. The van der Waals surface area contributed by atoms with Gasteiger partial charge in [0.05, 0.1) is 0 Å². The molecule has 11 heteroatoms. The van der Waals surface area contributed by atoms with Crippen molar-refractivity contribution in [3.05, 3.63) is 36.2 Å². The first kappa shape index (κ1) is 17.8. The highest BCUT2D eigenvalue weighted by Crippen LogP contribution is 2.27. The van der Waals surface area contributed by atoms with Gasteiger partial charge in [0.2, 0.25) is 5.88 Å². The van der Waals surface area contributed by atoms with Crippen molar-refractivity contribution in [2.45, 2.75) is 6.18 Å². The Morgan fingerprint density at radius 3 is 2.42 bits per heavy atom. The van der Waals surface area contributed by atoms with Crippen LogP contribution in [0, 0.1) is 0 Å². The predicted octanol–water partition coefficient (Wildman–Crippen LogP) is 1.01. The molecule has 0 spiro atoms. The molecule has 2 aromatic heterocycles. The number of aromatic nitrogens is 4. The summed E-state index contributed by atoms with van der Waals surface area (Å²) in [6.45, 7) is 1.55. The molecule has 0 radical (unpaired) electrons. The molecule has 0 saturated carbocycles. The van der Waals surface area contributed by atoms with Crippen molar-refractivity contribution in [2.75, 3.05) is 37.7 Å². The first-order valence-electron chi connectivity index (χ1n) is 7.77. The van der Waals surface area contributed by atoms with E-state index in [9.17, 15) is 18.0 Å². The summed E-state index contributed by atoms with van der Waals surface area (Å²) >= 11 is 0. The molecule has 0 aliphatic carbocycles. The van der Waals surface area contributed by atoms with E-state index < -0.39 is 11.9 Å². The lowest BCUT2D eigenvalue weighted by molar-refractivity contribution is -0.141. The van der Waals surface area contributed by atoms with E-state index in [4.69, 9.17) is 4.74 Å². The van der Waals surface area contributed by atoms with Crippen LogP contribution in [-0.2, 0) is 11.0 Å². The molecule has 3 heterocycles. The van der Waals surface area contributed by atoms with Gasteiger partial charge in [0, 0.05) is 38.4 Å². The zero-order valence-electron chi connectivity index (χ0n) is 13.6. The molecular weight excluding hydrogens is 353 g/mol. The minimum atomic E-state index is -4.51. The first-order valence-corrected chi connectivity index (χ1v) is 7.77. The monoisotopic (exact) mass is 368 g/mol. The molecular formula is C15H15F3N6O2. The second-order valence-corrected chi connectivity index (χ2v) is 5.49. The van der Waals surface area contributed by atoms with Crippen molar-refractivity contribution in [3.63, 3.8) is 0 Å². The Labute approximate surface area is 146 Å². The molecule has 1 aliphatic rings. The van der Waals surface area contributed by atoms with Crippen LogP contribution in [0.5, 0.6) is 5.88 Å². The lowest BCUT2D eigenvalue weighted by Crippen LogP contribution is -2.50. The molecule has 1 aliphatic heterocycles. The molecule has 1 fully saturated rings. The molecule has 3 rings (SSSR count). The quantitative estimate of drug-likeness (QED) is 0.796. The van der Waals surface area contributed by atoms with Gasteiger partial charge < -0.3 is 14.5 Å². The second-order valence-electron chi connectivity index (χ2n) is 5.49. The number of carbonyl (C=O) groups is 1. The number of halogens is 3. The number of anilines is 1. The van der Waals surface area contributed by atoms with Gasteiger partial charge in [0.15, 0.2) is 18.1 Å². The van der Waals surface area contributed by atoms with Crippen LogP contribution in [0.3, 0.4) is 0 Å². The van der Waals surface area contributed by atoms with Crippen LogP contribution in [0.2, 0.25) is 0 Å². The maximum absolute atomic E-state index is 12.5. The lowest BCUT2D eigenvalue weighted by Gasteiger charge is -2.35. The van der Waals surface area contributed by atoms with Crippen LogP contribution in [0.1, 0.15) is 5.69 Å². The summed E-state index contributed by atoms with van der Waals surface area (Å²) in [5.41, 5.74) is -1.03. The van der Waals surface area contributed by atoms with Crippen LogP contribution in [0.4, 0.5) is 19.0 Å². The number of carbonyl (C=O) groups excluding carboxylic acids is 1. The largest absolute Gasteiger partial charge is 0.466 e. The van der Waals surface area contributed by atoms with Gasteiger partial charge in [-0.2, -0.15) is 18.3 Å². The molecule has 8 nitrogen and oxygen atoms in total. The summed E-state index contributed by atoms with van der Waals surface area (Å²) in [5.74, 6) is 0.411. The van der Waals surface area contributed by atoms with Gasteiger partial charge in [-0.3, -0.25) is 4.79 Å². The second kappa shape index (κ2) is 7.50. The van der Waals surface area contributed by atoms with E-state index in [2.05, 4.69) is 20.4 Å². The number of piperazine rings is 1. The topological polar surface area (TPSA) is 84.3 Å². The molecule has 0 atom stereocenters. The van der Waals surface area contributed by atoms with Gasteiger partial charge in [-0.25, -0.2) is 0 Å². The van der Waals surface area contributed by atoms with E-state index in [1.165, 1.54) is 12.3 Å². The molecule has 0 bridgehead atoms. The fraction of sp³-hybridized carbons (Fsp3) is 0.400. The summed E-state index contributed by atoms with van der Waals surface area (Å²) in [7, 11) is 0. The third-order valence-electron chi connectivity index (χ3n) is 3.79. The highest BCUT2D eigenvalue weighted by Gasteiger charge is 2.33. The van der Waals surface area contributed by atoms with Gasteiger partial charge in [-0.1, -0.05) is 0 Å². The lowest BCUT2D eigenvalue weighted by atomic mass is 10.3. The minimum Gasteiger partial charge on any atom is -0.466 e. The van der Waals surface area contributed by atoms with E-state index in [1.807, 2.05) is 0 Å². The fourth-order valence-corrected chi connectivity index (χ4v) is 2.42. The highest BCUT2D eigenvalue weighted by molar-refractivity contribution is 5.78. The van der Waals surface area contributed by atoms with Crippen LogP contribution in [0.25, 0.3) is 0 Å². The van der Waals surface area contributed by atoms with E-state index >= 15 is 0 Å². The van der Waals surface area contributed by atoms with Gasteiger partial charge in [-0.05, 0) is 18.2 Å². The van der Waals surface area contributed by atoms with Crippen LogP contribution < -0.4 is 9.64 Å². The molecule has 1 saturated heterocycles. The number of ether oxygens (including phenoxy) is 1. The maximum Gasteiger partial charge on any atom is 0.435 e. The normalized spacial score (nSPS) is 15.0. The number of hydrogen-bond donors (Lipinski definition) is 0. The summed E-state index contributed by atoms with van der Waals surface area (Å²) in [5, 5.41) is 14.2. The predicted molar refractivity (Wildman–Crippen MR) is 83.4 cm³/mol. The summed E-state index contributed by atoms with van der Waals surface area (Å²) in [4.78, 5) is 15.5. The van der Waals surface area contributed by atoms with Crippen LogP contribution >= 0.6 is 0 Å². The van der Waals surface area contributed by atoms with Crippen molar-refractivity contribution >= 4 is 11.7 Å². The summed E-state index contributed by atoms with van der Waals surface area (Å²) in [6, 6.07) is 5.43. The maximum atomic E-state index is 12.5. The van der Waals surface area contributed by atoms with Gasteiger partial charge in [0.1, 0.15) is 0 Å². The highest BCUT2D eigenvalue weighted by atomic mass is 19.4. The number of nitrogens with zero attached hydrogens (tertiary/aromatic N) is 6. The van der Waals surface area contributed by atoms with Crippen molar-refractivity contribution in [2.24, 2.45) is 0 Å². The minimum absolute atomic E-state index is 0.154. The van der Waals surface area contributed by atoms with Crippen molar-refractivity contribution in [1.82, 2.24) is 25.3 Å². The molecule has 0 unspecified atom stereocenters. The van der Waals surface area contributed by atoms with Crippen molar-refractivity contribution < 1.29 is 22.7 Å². The molecule has 2 aromatic rings. The third-order valence-corrected chi connectivity index (χ3v) is 3.79. The Bertz CT molecular complexity index is 733. The molecule has 1 amide bonds. The molecule has 138 valence electrons. The van der Waals surface area contributed by atoms with Crippen LogP contribution in [0.15, 0.2) is 30.5 Å². The Morgan fingerprint density at radius 2 is 1.85 bits per heavy atom. The van der Waals surface area contributed by atoms with Crippen LogP contribution in [-0.4, -0.2) is 64.0 Å². The van der Waals surface area contributed by atoms with E-state index in [-0.39, 0.29) is 18.4 Å². The molecule has 0 N–H and O–H groups in total. The fourth-order valence-electron chi connectivity index (χ4n) is 2.42. The SMILES string of the molecule is O=C(COc1cccnn1)N1CCN(c2ccc(C(F)(F)F)nn2)CC1. The Balaban J connectivity index is 1.50. The Morgan fingerprint density at radius 1 is 1.08 bits per heavy atom. The van der Waals surface area contributed by atoms with Crippen molar-refractivity contribution in [3.8, 4) is 5.88 Å². The van der Waals surface area contributed by atoms with Gasteiger partial charge >= 0.3 is 6.18 Å². The number of rotatable bonds is 4. The molecule has 0 aromatic carbocycles. The average Bonchev–Trinajstić information content (AvgIpc) is 2.66. The average molecular weight is 368 g/mol. The molecule has 26 heavy (non-hydrogen) atoms. The van der Waals surface area contributed by atoms with E-state index in [0.717, 1.165) is 6.07 Å². The summed E-state index contributed by atoms with van der Waals surface area (Å²) in [6.07, 6.45) is -3.02. The zero-order chi connectivity index (χ0) is 18.6. The zero-order valence-corrected chi connectivity index (χ0v) is 13.6.